The molecule has 0 aliphatic rings. The summed E-state index contributed by atoms with van der Waals surface area (Å²) in [6.07, 6.45) is 0. The molecule has 0 radical (unpaired) electrons. The van der Waals surface area contributed by atoms with Crippen molar-refractivity contribution in [2.45, 2.75) is 4.90 Å². The second kappa shape index (κ2) is 5.37. The van der Waals surface area contributed by atoms with Crippen LogP contribution < -0.4 is 4.72 Å². The lowest BCUT2D eigenvalue weighted by Gasteiger charge is -2.05. The molecule has 1 N–H and O–H groups in total. The van der Waals surface area contributed by atoms with E-state index in [-0.39, 0.29) is 27.4 Å². The fourth-order valence-corrected chi connectivity index (χ4v) is 2.90. The number of nitrogens with one attached hydrogen (secondary N) is 1. The molecule has 84 valence electrons. The lowest BCUT2D eigenvalue weighted by Crippen LogP contribution is -2.25. The van der Waals surface area contributed by atoms with Crippen molar-refractivity contribution >= 4 is 44.8 Å². The van der Waals surface area contributed by atoms with Crippen LogP contribution in [-0.4, -0.2) is 20.8 Å². The molecule has 0 bridgehead atoms. The van der Waals surface area contributed by atoms with Crippen LogP contribution in [-0.2, 0) is 10.0 Å². The third kappa shape index (κ3) is 3.81. The third-order valence-electron chi connectivity index (χ3n) is 1.53. The summed E-state index contributed by atoms with van der Waals surface area (Å²) in [6.45, 7) is 0.161. The van der Waals surface area contributed by atoms with Crippen LogP contribution >= 0.6 is 34.8 Å². The number of hydrogen-bond donors (Lipinski definition) is 1. The predicted octanol–water partition coefficient (Wildman–Crippen LogP) is 2.51. The van der Waals surface area contributed by atoms with Crippen molar-refractivity contribution < 1.29 is 8.42 Å². The minimum absolute atomic E-state index is 0.0325. The standard InChI is InChI=1S/C8H8Cl3NO2S/c9-1-2-12-15(13,14)8-4-6(10)3-7(11)5-8/h3-5,12H,1-2H2. The van der Waals surface area contributed by atoms with Crippen LogP contribution in [0.2, 0.25) is 10.0 Å². The van der Waals surface area contributed by atoms with E-state index in [1.807, 2.05) is 0 Å². The Morgan fingerprint density at radius 2 is 1.67 bits per heavy atom. The highest BCUT2D eigenvalue weighted by atomic mass is 35.5. The lowest BCUT2D eigenvalue weighted by molar-refractivity contribution is 0.584. The summed E-state index contributed by atoms with van der Waals surface area (Å²) >= 11 is 16.8. The molecule has 15 heavy (non-hydrogen) atoms. The molecule has 1 aromatic carbocycles. The van der Waals surface area contributed by atoms with E-state index in [2.05, 4.69) is 4.72 Å². The minimum atomic E-state index is -3.57. The quantitative estimate of drug-likeness (QED) is 0.865. The highest BCUT2D eigenvalue weighted by Crippen LogP contribution is 2.21. The Morgan fingerprint density at radius 1 is 1.13 bits per heavy atom. The van der Waals surface area contributed by atoms with Crippen molar-refractivity contribution in [3.05, 3.63) is 28.2 Å². The molecular formula is C8H8Cl3NO2S. The van der Waals surface area contributed by atoms with Crippen molar-refractivity contribution in [1.29, 1.82) is 0 Å². The first-order chi connectivity index (χ1) is 6.95. The summed E-state index contributed by atoms with van der Waals surface area (Å²) in [6, 6.07) is 4.11. The average Bonchev–Trinajstić information content (AvgIpc) is 2.13. The van der Waals surface area contributed by atoms with Crippen molar-refractivity contribution in [2.24, 2.45) is 0 Å². The van der Waals surface area contributed by atoms with Crippen LogP contribution in [0, 0.1) is 0 Å². The number of sulfonamides is 1. The number of halogens is 3. The van der Waals surface area contributed by atoms with Gasteiger partial charge < -0.3 is 0 Å². The smallest absolute Gasteiger partial charge is 0.210 e. The Bertz CT molecular complexity index is 427. The van der Waals surface area contributed by atoms with E-state index >= 15 is 0 Å². The van der Waals surface area contributed by atoms with Crippen LogP contribution in [0.3, 0.4) is 0 Å². The number of alkyl halides is 1. The maximum atomic E-state index is 11.6. The van der Waals surface area contributed by atoms with Crippen molar-refractivity contribution in [3.63, 3.8) is 0 Å². The normalized spacial score (nSPS) is 11.7. The van der Waals surface area contributed by atoms with E-state index < -0.39 is 10.0 Å². The zero-order valence-electron chi connectivity index (χ0n) is 7.50. The van der Waals surface area contributed by atoms with E-state index in [0.29, 0.717) is 0 Å². The Kier molecular flexibility index (Phi) is 4.67. The van der Waals surface area contributed by atoms with Crippen LogP contribution in [0.25, 0.3) is 0 Å². The number of rotatable bonds is 4. The van der Waals surface area contributed by atoms with Crippen LogP contribution in [0.4, 0.5) is 0 Å². The van der Waals surface area contributed by atoms with Gasteiger partial charge in [0, 0.05) is 22.5 Å². The third-order valence-corrected chi connectivity index (χ3v) is 3.60. The Balaban J connectivity index is 3.04. The molecule has 0 saturated heterocycles. The first kappa shape index (κ1) is 13.1. The maximum Gasteiger partial charge on any atom is 0.240 e. The summed E-state index contributed by atoms with van der Waals surface area (Å²) in [5.41, 5.74) is 0. The molecule has 0 unspecified atom stereocenters. The molecule has 0 atom stereocenters. The topological polar surface area (TPSA) is 46.2 Å². The second-order valence-corrected chi connectivity index (χ2v) is 5.71. The average molecular weight is 289 g/mol. The van der Waals surface area contributed by atoms with Crippen LogP contribution in [0.15, 0.2) is 23.1 Å². The summed E-state index contributed by atoms with van der Waals surface area (Å²) in [7, 11) is -3.57. The maximum absolute atomic E-state index is 11.6. The first-order valence-corrected chi connectivity index (χ1v) is 6.75. The molecule has 0 fully saturated rings. The van der Waals surface area contributed by atoms with Crippen LogP contribution in [0.1, 0.15) is 0 Å². The van der Waals surface area contributed by atoms with Gasteiger partial charge in [-0.15, -0.1) is 11.6 Å². The van der Waals surface area contributed by atoms with Crippen molar-refractivity contribution in [3.8, 4) is 0 Å². The van der Waals surface area contributed by atoms with Crippen LogP contribution in [0.5, 0.6) is 0 Å². The zero-order valence-corrected chi connectivity index (χ0v) is 10.6. The largest absolute Gasteiger partial charge is 0.240 e. The highest BCUT2D eigenvalue weighted by Gasteiger charge is 2.14. The van der Waals surface area contributed by atoms with E-state index in [9.17, 15) is 8.42 Å². The summed E-state index contributed by atoms with van der Waals surface area (Å²) < 4.78 is 25.5. The van der Waals surface area contributed by atoms with Gasteiger partial charge in [0.25, 0.3) is 0 Å². The van der Waals surface area contributed by atoms with Gasteiger partial charge >= 0.3 is 0 Å². The van der Waals surface area contributed by atoms with E-state index in [1.54, 1.807) is 0 Å². The van der Waals surface area contributed by atoms with E-state index in [1.165, 1.54) is 18.2 Å². The molecule has 3 nitrogen and oxygen atoms in total. The number of benzene rings is 1. The molecule has 7 heteroatoms. The number of hydrogen-bond acceptors (Lipinski definition) is 2. The molecule has 1 aromatic rings. The predicted molar refractivity (Wildman–Crippen MR) is 62.4 cm³/mol. The van der Waals surface area contributed by atoms with Gasteiger partial charge in [-0.05, 0) is 18.2 Å². The Labute approximate surface area is 103 Å². The lowest BCUT2D eigenvalue weighted by atomic mass is 10.4. The molecule has 0 amide bonds. The van der Waals surface area contributed by atoms with Gasteiger partial charge in [-0.1, -0.05) is 23.2 Å². The van der Waals surface area contributed by atoms with Gasteiger partial charge in [-0.2, -0.15) is 0 Å². The van der Waals surface area contributed by atoms with Gasteiger partial charge in [-0.3, -0.25) is 0 Å². The Hall–Kier alpha value is -0.000000000000000139. The van der Waals surface area contributed by atoms with E-state index in [4.69, 9.17) is 34.8 Å². The summed E-state index contributed by atoms with van der Waals surface area (Å²) in [5, 5.41) is 0.544. The van der Waals surface area contributed by atoms with Gasteiger partial charge in [-0.25, -0.2) is 13.1 Å². The highest BCUT2D eigenvalue weighted by molar-refractivity contribution is 7.89. The monoisotopic (exact) mass is 287 g/mol. The molecular weight excluding hydrogens is 281 g/mol. The minimum Gasteiger partial charge on any atom is -0.210 e. The zero-order chi connectivity index (χ0) is 11.5. The second-order valence-electron chi connectivity index (χ2n) is 2.69. The summed E-state index contributed by atoms with van der Waals surface area (Å²) in [4.78, 5) is 0.0325. The SMILES string of the molecule is O=S(=O)(NCCCl)c1cc(Cl)cc(Cl)c1. The van der Waals surface area contributed by atoms with Gasteiger partial charge in [0.15, 0.2) is 0 Å². The fourth-order valence-electron chi connectivity index (χ4n) is 0.940. The molecule has 0 spiro atoms. The molecule has 0 aliphatic heterocycles. The fraction of sp³-hybridized carbons (Fsp3) is 0.250. The van der Waals surface area contributed by atoms with Crippen molar-refractivity contribution in [1.82, 2.24) is 4.72 Å². The van der Waals surface area contributed by atoms with E-state index in [0.717, 1.165) is 0 Å². The molecule has 0 heterocycles. The van der Waals surface area contributed by atoms with Gasteiger partial charge in [0.05, 0.1) is 4.90 Å². The molecule has 1 rings (SSSR count). The van der Waals surface area contributed by atoms with Gasteiger partial charge in [0.1, 0.15) is 0 Å². The van der Waals surface area contributed by atoms with Crippen molar-refractivity contribution in [2.75, 3.05) is 12.4 Å². The molecule has 0 aromatic heterocycles. The molecule has 0 saturated carbocycles. The Morgan fingerprint density at radius 3 is 2.13 bits per heavy atom. The van der Waals surface area contributed by atoms with Gasteiger partial charge in [0.2, 0.25) is 10.0 Å². The molecule has 0 aliphatic carbocycles. The summed E-state index contributed by atoms with van der Waals surface area (Å²) in [5.74, 6) is 0.202. The first-order valence-electron chi connectivity index (χ1n) is 3.97.